The molecule has 0 bridgehead atoms. The maximum Gasteiger partial charge on any atom is 0.221 e. The van der Waals surface area contributed by atoms with Gasteiger partial charge in [0.05, 0.1) is 18.8 Å². The highest BCUT2D eigenvalue weighted by Crippen LogP contribution is 2.37. The number of nitrogens with zero attached hydrogens (tertiary/aromatic N) is 1. The summed E-state index contributed by atoms with van der Waals surface area (Å²) in [6.45, 7) is 1.67. The first-order valence-corrected chi connectivity index (χ1v) is 13.3. The van der Waals surface area contributed by atoms with Gasteiger partial charge in [-0.2, -0.15) is 0 Å². The van der Waals surface area contributed by atoms with E-state index in [0.717, 1.165) is 46.0 Å². The fourth-order valence-corrected chi connectivity index (χ4v) is 6.20. The summed E-state index contributed by atoms with van der Waals surface area (Å²) in [5.74, 6) is -0.128. The van der Waals surface area contributed by atoms with Crippen LogP contribution in [0.25, 0.3) is 22.0 Å². The second kappa shape index (κ2) is 10.7. The number of nitrogens with two attached hydrogens (primary N) is 1. The highest BCUT2D eigenvalue weighted by molar-refractivity contribution is 7.89. The number of hydrogen-bond acceptors (Lipinski definition) is 5. The monoisotopic (exact) mass is 484 g/mol. The van der Waals surface area contributed by atoms with E-state index >= 15 is 0 Å². The van der Waals surface area contributed by atoms with Gasteiger partial charge in [-0.05, 0) is 53.1 Å². The molecular formula is C25H32N4O4S. The Morgan fingerprint density at radius 3 is 2.53 bits per heavy atom. The lowest BCUT2D eigenvalue weighted by molar-refractivity contribution is -0.117. The van der Waals surface area contributed by atoms with Gasteiger partial charge >= 0.3 is 0 Å². The van der Waals surface area contributed by atoms with Crippen LogP contribution in [0.3, 0.4) is 0 Å². The number of H-pyrrole nitrogens is 1. The number of fused-ring (bicyclic) bond motifs is 1. The van der Waals surface area contributed by atoms with Crippen LogP contribution in [0.1, 0.15) is 29.9 Å². The summed E-state index contributed by atoms with van der Waals surface area (Å²) < 4.78 is 26.9. The molecule has 8 nitrogen and oxygen atoms in total. The van der Waals surface area contributed by atoms with Gasteiger partial charge in [0.15, 0.2) is 0 Å². The van der Waals surface area contributed by atoms with Gasteiger partial charge < -0.3 is 21.1 Å². The van der Waals surface area contributed by atoms with Crippen LogP contribution in [-0.2, 0) is 21.2 Å². The lowest BCUT2D eigenvalue weighted by Gasteiger charge is -2.31. The van der Waals surface area contributed by atoms with Crippen LogP contribution in [0.5, 0.6) is 0 Å². The molecule has 182 valence electrons. The molecule has 5 N–H and O–H groups in total. The maximum absolute atomic E-state index is 12.7. The van der Waals surface area contributed by atoms with Crippen molar-refractivity contribution in [3.05, 3.63) is 59.8 Å². The molecule has 1 aliphatic heterocycles. The second-order valence-corrected chi connectivity index (χ2v) is 10.9. The number of primary amides is 1. The number of aromatic nitrogens is 1. The molecule has 0 spiro atoms. The maximum atomic E-state index is 12.7. The number of carbonyl (C=O) groups excluding carboxylic acids is 1. The number of piperidine rings is 1. The Morgan fingerprint density at radius 1 is 1.12 bits per heavy atom. The molecule has 1 saturated heterocycles. The molecule has 1 amide bonds. The van der Waals surface area contributed by atoms with Crippen molar-refractivity contribution in [2.75, 3.05) is 38.5 Å². The van der Waals surface area contributed by atoms with Crippen molar-refractivity contribution >= 4 is 26.8 Å². The van der Waals surface area contributed by atoms with Gasteiger partial charge in [0.2, 0.25) is 15.9 Å². The summed E-state index contributed by atoms with van der Waals surface area (Å²) in [5, 5.41) is 12.8. The number of amides is 1. The molecule has 4 rings (SSSR count). The van der Waals surface area contributed by atoms with Crippen molar-refractivity contribution in [1.29, 1.82) is 0 Å². The lowest BCUT2D eigenvalue weighted by Crippen LogP contribution is -2.41. The van der Waals surface area contributed by atoms with Gasteiger partial charge in [-0.15, -0.1) is 0 Å². The molecule has 9 heteroatoms. The molecule has 1 aliphatic rings. The Bertz CT molecular complexity index is 1230. The van der Waals surface area contributed by atoms with E-state index in [1.165, 1.54) is 0 Å². The predicted molar refractivity (Wildman–Crippen MR) is 134 cm³/mol. The Kier molecular flexibility index (Phi) is 7.67. The minimum Gasteiger partial charge on any atom is -0.395 e. The quantitative estimate of drug-likeness (QED) is 0.327. The zero-order valence-corrected chi connectivity index (χ0v) is 20.0. The molecule has 2 heterocycles. The molecular weight excluding hydrogens is 452 g/mol. The van der Waals surface area contributed by atoms with E-state index in [1.807, 2.05) is 42.6 Å². The van der Waals surface area contributed by atoms with E-state index < -0.39 is 10.0 Å². The third kappa shape index (κ3) is 5.50. The highest BCUT2D eigenvalue weighted by Gasteiger charge is 2.29. The summed E-state index contributed by atoms with van der Waals surface area (Å²) in [6, 6.07) is 14.2. The standard InChI is InChI=1S/C25H32N4O4S/c26-24(31)16-21-14-20(18-4-2-1-3-5-18)15-22-23(17-28-25(21)22)19-6-10-29(11-7-19)34(32,33)13-9-27-8-12-30/h1-5,14-15,17,19,27-28,30H,6-13,16H2,(H2,26,31). The highest BCUT2D eigenvalue weighted by atomic mass is 32.2. The molecule has 2 aromatic carbocycles. The first kappa shape index (κ1) is 24.4. The van der Waals surface area contributed by atoms with E-state index in [2.05, 4.69) is 16.4 Å². The number of rotatable bonds is 10. The predicted octanol–water partition coefficient (Wildman–Crippen LogP) is 1.95. The van der Waals surface area contributed by atoms with E-state index in [0.29, 0.717) is 26.2 Å². The van der Waals surface area contributed by atoms with Crippen molar-refractivity contribution in [3.8, 4) is 11.1 Å². The van der Waals surface area contributed by atoms with Gasteiger partial charge in [0, 0.05) is 43.3 Å². The van der Waals surface area contributed by atoms with Crippen molar-refractivity contribution in [2.45, 2.75) is 25.2 Å². The van der Waals surface area contributed by atoms with Crippen molar-refractivity contribution in [3.63, 3.8) is 0 Å². The molecule has 1 fully saturated rings. The summed E-state index contributed by atoms with van der Waals surface area (Å²) >= 11 is 0. The summed E-state index contributed by atoms with van der Waals surface area (Å²) in [4.78, 5) is 15.1. The van der Waals surface area contributed by atoms with Gasteiger partial charge in [-0.3, -0.25) is 4.79 Å². The lowest BCUT2D eigenvalue weighted by atomic mass is 9.88. The topological polar surface area (TPSA) is 129 Å². The number of aliphatic hydroxyl groups excluding tert-OH is 1. The van der Waals surface area contributed by atoms with Crippen molar-refractivity contribution in [2.24, 2.45) is 5.73 Å². The number of hydrogen-bond donors (Lipinski definition) is 4. The number of benzene rings is 2. The molecule has 0 atom stereocenters. The molecule has 0 saturated carbocycles. The van der Waals surface area contributed by atoms with E-state index in [1.54, 1.807) is 4.31 Å². The summed E-state index contributed by atoms with van der Waals surface area (Å²) in [7, 11) is -3.33. The number of carbonyl (C=O) groups is 1. The SMILES string of the molecule is NC(=O)Cc1cc(-c2ccccc2)cc2c(C3CCN(S(=O)(=O)CCNCCO)CC3)c[nH]c12. The molecule has 0 unspecified atom stereocenters. The number of nitrogens with one attached hydrogen (secondary N) is 2. The van der Waals surface area contributed by atoms with Crippen LogP contribution >= 0.6 is 0 Å². The second-order valence-electron chi connectivity index (χ2n) is 8.77. The molecule has 0 radical (unpaired) electrons. The van der Waals surface area contributed by atoms with Gasteiger partial charge in [0.25, 0.3) is 0 Å². The normalized spacial score (nSPS) is 15.7. The minimum atomic E-state index is -3.33. The van der Waals surface area contributed by atoms with Gasteiger partial charge in [-0.25, -0.2) is 12.7 Å². The summed E-state index contributed by atoms with van der Waals surface area (Å²) in [6.07, 6.45) is 3.61. The Hall–Kier alpha value is -2.72. The molecule has 3 aromatic rings. The number of aromatic amines is 1. The van der Waals surface area contributed by atoms with Crippen LogP contribution < -0.4 is 11.1 Å². The van der Waals surface area contributed by atoms with E-state index in [9.17, 15) is 13.2 Å². The Morgan fingerprint density at radius 2 is 1.85 bits per heavy atom. The largest absolute Gasteiger partial charge is 0.395 e. The van der Waals surface area contributed by atoms with Gasteiger partial charge in [-0.1, -0.05) is 30.3 Å². The van der Waals surface area contributed by atoms with E-state index in [-0.39, 0.29) is 30.6 Å². The third-order valence-corrected chi connectivity index (χ3v) is 8.36. The van der Waals surface area contributed by atoms with Gasteiger partial charge in [0.1, 0.15) is 0 Å². The smallest absolute Gasteiger partial charge is 0.221 e. The first-order chi connectivity index (χ1) is 16.4. The van der Waals surface area contributed by atoms with Crippen molar-refractivity contribution in [1.82, 2.24) is 14.6 Å². The average Bonchev–Trinajstić information content (AvgIpc) is 3.26. The molecule has 1 aromatic heterocycles. The average molecular weight is 485 g/mol. The Labute approximate surface area is 200 Å². The zero-order chi connectivity index (χ0) is 24.1. The van der Waals surface area contributed by atoms with Crippen LogP contribution in [0.2, 0.25) is 0 Å². The summed E-state index contributed by atoms with van der Waals surface area (Å²) in [5.41, 5.74) is 10.6. The van der Waals surface area contributed by atoms with E-state index in [4.69, 9.17) is 10.8 Å². The first-order valence-electron chi connectivity index (χ1n) is 11.7. The van der Waals surface area contributed by atoms with Crippen LogP contribution in [0.15, 0.2) is 48.7 Å². The Balaban J connectivity index is 1.56. The number of aliphatic hydroxyl groups is 1. The fourth-order valence-electron chi connectivity index (χ4n) is 4.77. The third-order valence-electron chi connectivity index (χ3n) is 6.49. The van der Waals surface area contributed by atoms with Crippen molar-refractivity contribution < 1.29 is 18.3 Å². The zero-order valence-electron chi connectivity index (χ0n) is 19.2. The van der Waals surface area contributed by atoms with Crippen LogP contribution in [0, 0.1) is 0 Å². The van der Waals surface area contributed by atoms with Crippen LogP contribution in [0.4, 0.5) is 0 Å². The minimum absolute atomic E-state index is 0.0107. The fraction of sp³-hybridized carbons (Fsp3) is 0.400. The molecule has 0 aliphatic carbocycles. The van der Waals surface area contributed by atoms with Crippen LogP contribution in [-0.4, -0.2) is 67.3 Å². The number of sulfonamides is 1. The molecule has 34 heavy (non-hydrogen) atoms.